The third-order valence-corrected chi connectivity index (χ3v) is 5.46. The second kappa shape index (κ2) is 10.9. The lowest BCUT2D eigenvalue weighted by Crippen LogP contribution is -2.58. The molecule has 8 nitrogen and oxygen atoms in total. The van der Waals surface area contributed by atoms with Gasteiger partial charge < -0.3 is 16.2 Å². The smallest absolute Gasteiger partial charge is 0.252 e. The Labute approximate surface area is 174 Å². The van der Waals surface area contributed by atoms with Gasteiger partial charge in [0.15, 0.2) is 0 Å². The SMILES string of the molecule is CC(C)C[C@@H](C(=O)N(O)[C@H](C(=O)NC1CCCCCC1)C(C)(C)C)[C@H](O)C(N)=O. The summed E-state index contributed by atoms with van der Waals surface area (Å²) in [5.41, 5.74) is 4.43. The van der Waals surface area contributed by atoms with E-state index >= 15 is 0 Å². The predicted octanol–water partition coefficient (Wildman–Crippen LogP) is 1.97. The molecule has 1 rings (SSSR count). The summed E-state index contributed by atoms with van der Waals surface area (Å²) in [6.07, 6.45) is 4.52. The van der Waals surface area contributed by atoms with Gasteiger partial charge in [-0.05, 0) is 30.6 Å². The highest BCUT2D eigenvalue weighted by atomic mass is 16.5. The predicted molar refractivity (Wildman–Crippen MR) is 110 cm³/mol. The van der Waals surface area contributed by atoms with E-state index in [9.17, 15) is 24.7 Å². The molecule has 1 saturated carbocycles. The molecule has 168 valence electrons. The molecule has 0 radical (unpaired) electrons. The van der Waals surface area contributed by atoms with Gasteiger partial charge in [-0.15, -0.1) is 0 Å². The number of primary amides is 1. The Balaban J connectivity index is 3.06. The molecule has 1 fully saturated rings. The van der Waals surface area contributed by atoms with Crippen molar-refractivity contribution in [3.8, 4) is 0 Å². The first-order valence-electron chi connectivity index (χ1n) is 10.7. The molecule has 0 aromatic heterocycles. The van der Waals surface area contributed by atoms with E-state index in [2.05, 4.69) is 5.32 Å². The molecule has 0 heterocycles. The minimum atomic E-state index is -1.73. The average Bonchev–Trinajstić information content (AvgIpc) is 2.85. The first-order chi connectivity index (χ1) is 13.4. The Hall–Kier alpha value is -1.67. The van der Waals surface area contributed by atoms with Gasteiger partial charge in [-0.25, -0.2) is 5.06 Å². The second-order valence-electron chi connectivity index (χ2n) is 9.73. The lowest BCUT2D eigenvalue weighted by atomic mass is 9.84. The monoisotopic (exact) mass is 413 g/mol. The van der Waals surface area contributed by atoms with Crippen molar-refractivity contribution in [1.29, 1.82) is 0 Å². The molecule has 3 atom stereocenters. The summed E-state index contributed by atoms with van der Waals surface area (Å²) < 4.78 is 0. The first kappa shape index (κ1) is 25.4. The van der Waals surface area contributed by atoms with Crippen LogP contribution < -0.4 is 11.1 Å². The van der Waals surface area contributed by atoms with E-state index in [4.69, 9.17) is 5.73 Å². The van der Waals surface area contributed by atoms with Crippen molar-refractivity contribution in [3.63, 3.8) is 0 Å². The summed E-state index contributed by atoms with van der Waals surface area (Å²) in [6, 6.07) is -1.14. The van der Waals surface area contributed by atoms with Crippen LogP contribution in [0.15, 0.2) is 0 Å². The summed E-state index contributed by atoms with van der Waals surface area (Å²) >= 11 is 0. The molecule has 0 bridgehead atoms. The molecular formula is C21H39N3O5. The molecule has 0 aromatic rings. The van der Waals surface area contributed by atoms with Crippen molar-refractivity contribution < 1.29 is 24.7 Å². The normalized spacial score (nSPS) is 19.2. The van der Waals surface area contributed by atoms with E-state index in [1.54, 1.807) is 20.8 Å². The minimum Gasteiger partial charge on any atom is -0.382 e. The van der Waals surface area contributed by atoms with Crippen LogP contribution in [0.1, 0.15) is 79.6 Å². The van der Waals surface area contributed by atoms with E-state index in [0.29, 0.717) is 5.06 Å². The number of aliphatic hydroxyl groups is 1. The number of rotatable bonds is 8. The van der Waals surface area contributed by atoms with Crippen molar-refractivity contribution in [2.45, 2.75) is 97.8 Å². The number of amides is 3. The average molecular weight is 414 g/mol. The fourth-order valence-electron chi connectivity index (χ4n) is 3.94. The number of carbonyl (C=O) groups is 3. The molecule has 1 aliphatic rings. The number of nitrogens with one attached hydrogen (secondary N) is 1. The van der Waals surface area contributed by atoms with Gasteiger partial charge in [-0.1, -0.05) is 60.3 Å². The topological polar surface area (TPSA) is 133 Å². The lowest BCUT2D eigenvalue weighted by molar-refractivity contribution is -0.197. The molecule has 0 unspecified atom stereocenters. The van der Waals surface area contributed by atoms with Gasteiger partial charge in [0, 0.05) is 6.04 Å². The highest BCUT2D eigenvalue weighted by molar-refractivity contribution is 5.91. The zero-order chi connectivity index (χ0) is 22.4. The number of aliphatic hydroxyl groups excluding tert-OH is 1. The number of hydrogen-bond acceptors (Lipinski definition) is 5. The number of nitrogens with zero attached hydrogens (tertiary/aromatic N) is 1. The molecule has 8 heteroatoms. The maximum absolute atomic E-state index is 13.0. The summed E-state index contributed by atoms with van der Waals surface area (Å²) in [5, 5.41) is 24.3. The summed E-state index contributed by atoms with van der Waals surface area (Å²) in [6.45, 7) is 8.92. The highest BCUT2D eigenvalue weighted by Gasteiger charge is 2.43. The van der Waals surface area contributed by atoms with Crippen LogP contribution in [-0.4, -0.2) is 51.3 Å². The molecule has 1 aliphatic carbocycles. The molecule has 0 aliphatic heterocycles. The molecule has 29 heavy (non-hydrogen) atoms. The molecule has 5 N–H and O–H groups in total. The van der Waals surface area contributed by atoms with Gasteiger partial charge in [0.05, 0.1) is 5.92 Å². The van der Waals surface area contributed by atoms with Crippen LogP contribution in [0.4, 0.5) is 0 Å². The van der Waals surface area contributed by atoms with E-state index in [1.165, 1.54) is 0 Å². The molecular weight excluding hydrogens is 374 g/mol. The van der Waals surface area contributed by atoms with Crippen LogP contribution >= 0.6 is 0 Å². The summed E-state index contributed by atoms with van der Waals surface area (Å²) in [4.78, 5) is 37.5. The highest BCUT2D eigenvalue weighted by Crippen LogP contribution is 2.28. The van der Waals surface area contributed by atoms with Crippen molar-refractivity contribution in [3.05, 3.63) is 0 Å². The van der Waals surface area contributed by atoms with Crippen molar-refractivity contribution in [2.75, 3.05) is 0 Å². The number of hydroxylamine groups is 2. The Morgan fingerprint density at radius 1 is 1.10 bits per heavy atom. The number of carbonyl (C=O) groups excluding carboxylic acids is 3. The standard InChI is InChI=1S/C21H39N3O5/c1-13(2)12-15(16(25)18(22)26)20(28)24(29)17(21(3,4)5)19(27)23-14-10-8-6-7-9-11-14/h13-17,25,29H,6-12H2,1-5H3,(H2,22,26)(H,23,27)/t15-,16+,17-/m1/s1. The molecule has 0 spiro atoms. The van der Waals surface area contributed by atoms with Crippen LogP contribution in [-0.2, 0) is 14.4 Å². The van der Waals surface area contributed by atoms with E-state index in [1.807, 2.05) is 13.8 Å². The Morgan fingerprint density at radius 2 is 1.62 bits per heavy atom. The zero-order valence-electron chi connectivity index (χ0n) is 18.5. The van der Waals surface area contributed by atoms with E-state index in [0.717, 1.165) is 38.5 Å². The van der Waals surface area contributed by atoms with Gasteiger partial charge in [-0.3, -0.25) is 19.6 Å². The Morgan fingerprint density at radius 3 is 2.03 bits per heavy atom. The van der Waals surface area contributed by atoms with E-state index < -0.39 is 41.2 Å². The maximum Gasteiger partial charge on any atom is 0.252 e. The van der Waals surface area contributed by atoms with Gasteiger partial charge in [0.1, 0.15) is 12.1 Å². The van der Waals surface area contributed by atoms with Crippen LogP contribution in [0.5, 0.6) is 0 Å². The second-order valence-corrected chi connectivity index (χ2v) is 9.73. The van der Waals surface area contributed by atoms with Crippen LogP contribution in [0, 0.1) is 17.3 Å². The largest absolute Gasteiger partial charge is 0.382 e. The Bertz CT molecular complexity index is 565. The molecule has 0 saturated heterocycles. The van der Waals surface area contributed by atoms with Crippen molar-refractivity contribution >= 4 is 17.7 Å². The summed E-state index contributed by atoms with van der Waals surface area (Å²) in [5.74, 6) is -3.59. The lowest BCUT2D eigenvalue weighted by Gasteiger charge is -2.37. The molecule has 3 amide bonds. The third kappa shape index (κ3) is 7.59. The minimum absolute atomic E-state index is 0.0148. The van der Waals surface area contributed by atoms with Crippen molar-refractivity contribution in [2.24, 2.45) is 23.0 Å². The first-order valence-corrected chi connectivity index (χ1v) is 10.7. The third-order valence-electron chi connectivity index (χ3n) is 5.46. The maximum atomic E-state index is 13.0. The van der Waals surface area contributed by atoms with Crippen molar-refractivity contribution in [1.82, 2.24) is 10.4 Å². The quantitative estimate of drug-likeness (QED) is 0.274. The zero-order valence-corrected chi connectivity index (χ0v) is 18.5. The van der Waals surface area contributed by atoms with Crippen LogP contribution in [0.3, 0.4) is 0 Å². The van der Waals surface area contributed by atoms with Gasteiger partial charge >= 0.3 is 0 Å². The fourth-order valence-corrected chi connectivity index (χ4v) is 3.94. The van der Waals surface area contributed by atoms with Gasteiger partial charge in [0.25, 0.3) is 5.91 Å². The molecule has 0 aromatic carbocycles. The van der Waals surface area contributed by atoms with Crippen LogP contribution in [0.25, 0.3) is 0 Å². The number of nitrogens with two attached hydrogens (primary N) is 1. The number of hydrogen-bond donors (Lipinski definition) is 4. The van der Waals surface area contributed by atoms with E-state index in [-0.39, 0.29) is 18.4 Å². The van der Waals surface area contributed by atoms with Gasteiger partial charge in [0.2, 0.25) is 11.8 Å². The fraction of sp³-hybridized carbons (Fsp3) is 0.857. The van der Waals surface area contributed by atoms with Crippen LogP contribution in [0.2, 0.25) is 0 Å². The Kier molecular flexibility index (Phi) is 9.55. The van der Waals surface area contributed by atoms with Gasteiger partial charge in [-0.2, -0.15) is 0 Å². The summed E-state index contributed by atoms with van der Waals surface area (Å²) in [7, 11) is 0.